The first kappa shape index (κ1) is 18.4. The van der Waals surface area contributed by atoms with Crippen molar-refractivity contribution in [3.8, 4) is 0 Å². The fourth-order valence-corrected chi connectivity index (χ4v) is 3.14. The zero-order chi connectivity index (χ0) is 17.0. The number of carboxylic acid groups (broad SMARTS) is 1. The molecule has 0 saturated heterocycles. The number of likely N-dealkylation sites (N-methyl/N-ethyl adjacent to an activating group) is 1. The number of carboxylic acids is 1. The number of nitrogens with one attached hydrogen (secondary N) is 2. The Morgan fingerprint density at radius 2 is 1.77 bits per heavy atom. The number of quaternary nitrogens is 1. The predicted octanol–water partition coefficient (Wildman–Crippen LogP) is 0.791. The van der Waals surface area contributed by atoms with Crippen LogP contribution in [0.3, 0.4) is 0 Å². The summed E-state index contributed by atoms with van der Waals surface area (Å²) in [4.78, 5) is 10.9. The lowest BCUT2D eigenvalue weighted by atomic mass is 10.2. The quantitative estimate of drug-likeness (QED) is 0.614. The van der Waals surface area contributed by atoms with E-state index >= 15 is 0 Å². The van der Waals surface area contributed by atoms with Gasteiger partial charge in [0.2, 0.25) is 0 Å². The van der Waals surface area contributed by atoms with Crippen molar-refractivity contribution >= 4 is 21.9 Å². The second-order valence-electron chi connectivity index (χ2n) is 6.36. The molecule has 1 aromatic carbocycles. The van der Waals surface area contributed by atoms with Crippen LogP contribution in [0.25, 0.3) is 0 Å². The van der Waals surface area contributed by atoms with E-state index in [1.54, 1.807) is 24.3 Å². The molecule has 0 aromatic heterocycles. The number of aryl methyl sites for hydroxylation is 1. The van der Waals surface area contributed by atoms with Crippen molar-refractivity contribution in [1.82, 2.24) is 4.72 Å². The molecule has 0 aliphatic heterocycles. The Labute approximate surface area is 131 Å². The number of benzene rings is 1. The largest absolute Gasteiger partial charge is 0.481 e. The normalized spacial score (nSPS) is 13.6. The summed E-state index contributed by atoms with van der Waals surface area (Å²) in [6.45, 7) is 2.27. The summed E-state index contributed by atoms with van der Waals surface area (Å²) in [5.74, 6) is -1.04. The topological polar surface area (TPSA) is 95.5 Å². The molecular weight excluding hydrogens is 306 g/mol. The molecule has 1 unspecified atom stereocenters. The highest BCUT2D eigenvalue weighted by Gasteiger charge is 2.25. The van der Waals surface area contributed by atoms with Crippen molar-refractivity contribution in [2.45, 2.75) is 19.4 Å². The van der Waals surface area contributed by atoms with Crippen LogP contribution in [0.1, 0.15) is 12.0 Å². The van der Waals surface area contributed by atoms with Crippen LogP contribution in [-0.4, -0.2) is 57.7 Å². The van der Waals surface area contributed by atoms with Crippen molar-refractivity contribution in [1.29, 1.82) is 0 Å². The molecule has 0 fully saturated rings. The van der Waals surface area contributed by atoms with Crippen molar-refractivity contribution in [3.05, 3.63) is 29.8 Å². The molecule has 22 heavy (non-hydrogen) atoms. The van der Waals surface area contributed by atoms with Crippen LogP contribution >= 0.6 is 0 Å². The average Bonchev–Trinajstić information content (AvgIpc) is 2.27. The Balaban J connectivity index is 2.80. The summed E-state index contributed by atoms with van der Waals surface area (Å²) < 4.78 is 29.5. The zero-order valence-electron chi connectivity index (χ0n) is 13.3. The van der Waals surface area contributed by atoms with E-state index in [1.807, 2.05) is 28.1 Å². The van der Waals surface area contributed by atoms with Crippen LogP contribution in [0.5, 0.6) is 0 Å². The smallest absolute Gasteiger partial charge is 0.305 e. The number of aliphatic carboxylic acids is 1. The number of rotatable bonds is 8. The van der Waals surface area contributed by atoms with E-state index in [-0.39, 0.29) is 6.42 Å². The molecule has 1 atom stereocenters. The molecular formula is C14H24N3O4S+. The van der Waals surface area contributed by atoms with Gasteiger partial charge in [-0.3, -0.25) is 9.52 Å². The molecule has 0 aliphatic carbocycles. The number of nitrogens with zero attached hydrogens (tertiary/aromatic N) is 1. The summed E-state index contributed by atoms with van der Waals surface area (Å²) in [6, 6.07) is 6.19. The molecule has 7 nitrogen and oxygen atoms in total. The minimum atomic E-state index is -3.84. The van der Waals surface area contributed by atoms with Crippen molar-refractivity contribution in [3.63, 3.8) is 0 Å². The Kier molecular flexibility index (Phi) is 5.92. The van der Waals surface area contributed by atoms with Crippen LogP contribution in [-0.2, 0) is 15.0 Å². The second kappa shape index (κ2) is 7.08. The third kappa shape index (κ3) is 7.39. The lowest BCUT2D eigenvalue weighted by Crippen LogP contribution is -2.50. The standard InChI is InChI=1S/C14H23N3O4S/c1-11-5-7-12(8-6-11)15-22(20,21)16-13(9-14(18)19)10-17(2,3)4/h5-8,13,15-16H,9-10H2,1-4H3/p+1. The fraction of sp³-hybridized carbons (Fsp3) is 0.500. The van der Waals surface area contributed by atoms with E-state index in [0.717, 1.165) is 5.56 Å². The maximum absolute atomic E-state index is 12.1. The summed E-state index contributed by atoms with van der Waals surface area (Å²) in [6.07, 6.45) is -0.273. The first-order valence-corrected chi connectivity index (χ1v) is 8.34. The molecule has 0 spiro atoms. The van der Waals surface area contributed by atoms with Crippen LogP contribution < -0.4 is 9.44 Å². The van der Waals surface area contributed by atoms with E-state index in [0.29, 0.717) is 16.7 Å². The van der Waals surface area contributed by atoms with Gasteiger partial charge in [-0.1, -0.05) is 17.7 Å². The molecule has 0 amide bonds. The van der Waals surface area contributed by atoms with Gasteiger partial charge in [-0.2, -0.15) is 13.1 Å². The Morgan fingerprint density at radius 1 is 1.23 bits per heavy atom. The monoisotopic (exact) mass is 330 g/mol. The molecule has 0 radical (unpaired) electrons. The van der Waals surface area contributed by atoms with Gasteiger partial charge in [-0.05, 0) is 19.1 Å². The van der Waals surface area contributed by atoms with Gasteiger partial charge >= 0.3 is 5.97 Å². The zero-order valence-corrected chi connectivity index (χ0v) is 14.1. The fourth-order valence-electron chi connectivity index (χ4n) is 2.04. The highest BCUT2D eigenvalue weighted by atomic mass is 32.2. The second-order valence-corrected chi connectivity index (χ2v) is 7.80. The van der Waals surface area contributed by atoms with Crippen LogP contribution in [0.2, 0.25) is 0 Å². The summed E-state index contributed by atoms with van der Waals surface area (Å²) in [7, 11) is 1.78. The summed E-state index contributed by atoms with van der Waals surface area (Å²) in [5.41, 5.74) is 1.45. The van der Waals surface area contributed by atoms with Gasteiger partial charge in [0, 0.05) is 5.69 Å². The van der Waals surface area contributed by atoms with Gasteiger partial charge in [-0.25, -0.2) is 0 Å². The molecule has 1 rings (SSSR count). The van der Waals surface area contributed by atoms with Crippen LogP contribution in [0.15, 0.2) is 24.3 Å². The Morgan fingerprint density at radius 3 is 2.23 bits per heavy atom. The Hall–Kier alpha value is -1.64. The van der Waals surface area contributed by atoms with E-state index in [1.165, 1.54) is 0 Å². The number of hydrogen-bond acceptors (Lipinski definition) is 3. The number of carbonyl (C=O) groups is 1. The molecule has 0 bridgehead atoms. The lowest BCUT2D eigenvalue weighted by Gasteiger charge is -2.29. The van der Waals surface area contributed by atoms with Gasteiger partial charge in [0.05, 0.1) is 40.2 Å². The highest BCUT2D eigenvalue weighted by molar-refractivity contribution is 7.90. The van der Waals surface area contributed by atoms with E-state index in [2.05, 4.69) is 9.44 Å². The number of anilines is 1. The maximum Gasteiger partial charge on any atom is 0.305 e. The SMILES string of the molecule is Cc1ccc(NS(=O)(=O)NC(CC(=O)O)C[N+](C)(C)C)cc1. The first-order chi connectivity index (χ1) is 9.97. The lowest BCUT2D eigenvalue weighted by molar-refractivity contribution is -0.871. The van der Waals surface area contributed by atoms with Crippen molar-refractivity contribution in [2.24, 2.45) is 0 Å². The molecule has 0 saturated carbocycles. The maximum atomic E-state index is 12.1. The molecule has 8 heteroatoms. The average molecular weight is 330 g/mol. The predicted molar refractivity (Wildman–Crippen MR) is 85.8 cm³/mol. The third-order valence-corrected chi connectivity index (χ3v) is 3.96. The molecule has 0 heterocycles. The van der Waals surface area contributed by atoms with Crippen LogP contribution in [0, 0.1) is 6.92 Å². The minimum absolute atomic E-state index is 0.273. The van der Waals surface area contributed by atoms with Crippen LogP contribution in [0.4, 0.5) is 5.69 Å². The summed E-state index contributed by atoms with van der Waals surface area (Å²) in [5, 5.41) is 8.94. The third-order valence-electron chi connectivity index (χ3n) is 2.81. The van der Waals surface area contributed by atoms with Gasteiger partial charge in [-0.15, -0.1) is 0 Å². The van der Waals surface area contributed by atoms with Gasteiger partial charge in [0.25, 0.3) is 10.2 Å². The highest BCUT2D eigenvalue weighted by Crippen LogP contribution is 2.11. The Bertz CT molecular complexity index is 606. The van der Waals surface area contributed by atoms with E-state index in [4.69, 9.17) is 5.11 Å². The van der Waals surface area contributed by atoms with Crippen molar-refractivity contribution in [2.75, 3.05) is 32.4 Å². The molecule has 124 valence electrons. The first-order valence-electron chi connectivity index (χ1n) is 6.86. The molecule has 3 N–H and O–H groups in total. The van der Waals surface area contributed by atoms with Gasteiger partial charge in [0.1, 0.15) is 0 Å². The molecule has 1 aromatic rings. The molecule has 0 aliphatic rings. The van der Waals surface area contributed by atoms with Gasteiger partial charge < -0.3 is 9.59 Å². The van der Waals surface area contributed by atoms with E-state index < -0.39 is 22.2 Å². The summed E-state index contributed by atoms with van der Waals surface area (Å²) >= 11 is 0. The van der Waals surface area contributed by atoms with E-state index in [9.17, 15) is 13.2 Å². The van der Waals surface area contributed by atoms with Gasteiger partial charge in [0.15, 0.2) is 0 Å². The number of hydrogen-bond donors (Lipinski definition) is 3. The van der Waals surface area contributed by atoms with Crippen molar-refractivity contribution < 1.29 is 22.8 Å². The minimum Gasteiger partial charge on any atom is -0.481 e.